The van der Waals surface area contributed by atoms with Gasteiger partial charge in [0.15, 0.2) is 5.13 Å². The molecule has 3 rings (SSSR count). The molecule has 1 fully saturated rings. The van der Waals surface area contributed by atoms with Crippen molar-refractivity contribution < 1.29 is 14.7 Å². The standard InChI is InChI=1S/C19H22ClN3O3S2/c1-11-14(4-3-5-15(11)20)12-6-7-13(8-12)23(2)19(26)22-18-21-9-17(28-18)27-10-16(24)25/h3-5,9,12-13H,6-8,10H2,1-2H3,(H,24,25)(H,21,22,26). The molecule has 2 amide bonds. The lowest BCUT2D eigenvalue weighted by molar-refractivity contribution is -0.133. The topological polar surface area (TPSA) is 82.5 Å². The molecule has 1 aliphatic rings. The van der Waals surface area contributed by atoms with Crippen LogP contribution in [-0.2, 0) is 4.79 Å². The predicted octanol–water partition coefficient (Wildman–Crippen LogP) is 5.08. The molecule has 0 aliphatic heterocycles. The van der Waals surface area contributed by atoms with Crippen LogP contribution in [0.4, 0.5) is 9.93 Å². The number of carboxylic acids is 1. The average Bonchev–Trinajstić information content (AvgIpc) is 3.31. The Balaban J connectivity index is 1.57. The molecule has 2 unspecified atom stereocenters. The van der Waals surface area contributed by atoms with Gasteiger partial charge >= 0.3 is 12.0 Å². The van der Waals surface area contributed by atoms with Crippen molar-refractivity contribution in [1.82, 2.24) is 9.88 Å². The molecular formula is C19H22ClN3O3S2. The average molecular weight is 440 g/mol. The van der Waals surface area contributed by atoms with Crippen LogP contribution in [-0.4, -0.2) is 45.8 Å². The van der Waals surface area contributed by atoms with Crippen LogP contribution in [0.3, 0.4) is 0 Å². The monoisotopic (exact) mass is 439 g/mol. The lowest BCUT2D eigenvalue weighted by atomic mass is 9.93. The molecule has 28 heavy (non-hydrogen) atoms. The van der Waals surface area contributed by atoms with Crippen LogP contribution < -0.4 is 5.32 Å². The number of benzene rings is 1. The number of nitrogens with one attached hydrogen (secondary N) is 1. The van der Waals surface area contributed by atoms with Gasteiger partial charge in [0.2, 0.25) is 0 Å². The molecule has 1 aliphatic carbocycles. The fourth-order valence-electron chi connectivity index (χ4n) is 3.52. The Kier molecular flexibility index (Phi) is 6.85. The number of hydrogen-bond acceptors (Lipinski definition) is 5. The maximum absolute atomic E-state index is 12.6. The van der Waals surface area contributed by atoms with Crippen LogP contribution in [0, 0.1) is 6.92 Å². The number of urea groups is 1. The highest BCUT2D eigenvalue weighted by Crippen LogP contribution is 2.39. The molecule has 1 aromatic heterocycles. The van der Waals surface area contributed by atoms with E-state index in [-0.39, 0.29) is 17.8 Å². The number of aliphatic carboxylic acids is 1. The van der Waals surface area contributed by atoms with Gasteiger partial charge in [-0.1, -0.05) is 35.1 Å². The van der Waals surface area contributed by atoms with E-state index in [0.717, 1.165) is 34.1 Å². The Morgan fingerprint density at radius 2 is 2.21 bits per heavy atom. The van der Waals surface area contributed by atoms with Gasteiger partial charge in [0.25, 0.3) is 0 Å². The summed E-state index contributed by atoms with van der Waals surface area (Å²) in [6.07, 6.45) is 4.46. The van der Waals surface area contributed by atoms with Crippen molar-refractivity contribution in [3.8, 4) is 0 Å². The number of halogens is 1. The van der Waals surface area contributed by atoms with E-state index < -0.39 is 5.97 Å². The number of thiazole rings is 1. The van der Waals surface area contributed by atoms with Crippen molar-refractivity contribution in [2.24, 2.45) is 0 Å². The van der Waals surface area contributed by atoms with Crippen LogP contribution in [0.1, 0.15) is 36.3 Å². The van der Waals surface area contributed by atoms with Crippen LogP contribution in [0.25, 0.3) is 0 Å². The maximum Gasteiger partial charge on any atom is 0.323 e. The summed E-state index contributed by atoms with van der Waals surface area (Å²) in [6.45, 7) is 2.05. The fraction of sp³-hybridized carbons (Fsp3) is 0.421. The lowest BCUT2D eigenvalue weighted by Gasteiger charge is -2.24. The number of carboxylic acid groups (broad SMARTS) is 1. The molecule has 2 atom stereocenters. The highest BCUT2D eigenvalue weighted by Gasteiger charge is 2.31. The number of carbonyl (C=O) groups is 2. The highest BCUT2D eigenvalue weighted by atomic mass is 35.5. The summed E-state index contributed by atoms with van der Waals surface area (Å²) in [5, 5.41) is 12.8. The lowest BCUT2D eigenvalue weighted by Crippen LogP contribution is -2.38. The number of hydrogen-bond donors (Lipinski definition) is 2. The molecule has 0 radical (unpaired) electrons. The number of thioether (sulfide) groups is 1. The van der Waals surface area contributed by atoms with E-state index in [1.165, 1.54) is 28.7 Å². The van der Waals surface area contributed by atoms with Gasteiger partial charge in [-0.25, -0.2) is 9.78 Å². The summed E-state index contributed by atoms with van der Waals surface area (Å²) in [7, 11) is 1.81. The summed E-state index contributed by atoms with van der Waals surface area (Å²) < 4.78 is 0.762. The minimum Gasteiger partial charge on any atom is -0.481 e. The molecule has 0 saturated heterocycles. The van der Waals surface area contributed by atoms with Crippen molar-refractivity contribution in [1.29, 1.82) is 0 Å². The second-order valence-corrected chi connectivity index (χ2v) is 9.54. The zero-order chi connectivity index (χ0) is 20.3. The predicted molar refractivity (Wildman–Crippen MR) is 114 cm³/mol. The second-order valence-electron chi connectivity index (χ2n) is 6.83. The third kappa shape index (κ3) is 4.98. The molecule has 9 heteroatoms. The number of amides is 2. The molecule has 1 saturated carbocycles. The summed E-state index contributed by atoms with van der Waals surface area (Å²) in [6, 6.07) is 5.97. The minimum atomic E-state index is -0.880. The first kappa shape index (κ1) is 21.0. The Labute approximate surface area is 177 Å². The molecule has 2 aromatic rings. The van der Waals surface area contributed by atoms with Gasteiger partial charge in [-0.2, -0.15) is 0 Å². The molecule has 1 aromatic carbocycles. The summed E-state index contributed by atoms with van der Waals surface area (Å²) in [5.74, 6) is -0.505. The van der Waals surface area contributed by atoms with Gasteiger partial charge in [-0.05, 0) is 49.3 Å². The SMILES string of the molecule is Cc1c(Cl)cccc1C1CCC(N(C)C(=O)Nc2ncc(SCC(=O)O)s2)C1. The molecule has 0 spiro atoms. The van der Waals surface area contributed by atoms with E-state index >= 15 is 0 Å². The van der Waals surface area contributed by atoms with Crippen LogP contribution in [0.2, 0.25) is 5.02 Å². The third-order valence-electron chi connectivity index (χ3n) is 5.06. The van der Waals surface area contributed by atoms with Crippen LogP contribution >= 0.6 is 34.7 Å². The largest absolute Gasteiger partial charge is 0.481 e. The molecule has 0 bridgehead atoms. The first-order chi connectivity index (χ1) is 13.3. The van der Waals surface area contributed by atoms with E-state index in [0.29, 0.717) is 11.0 Å². The van der Waals surface area contributed by atoms with Crippen molar-refractivity contribution in [2.45, 2.75) is 42.4 Å². The Morgan fingerprint density at radius 1 is 1.43 bits per heavy atom. The van der Waals surface area contributed by atoms with Crippen molar-refractivity contribution in [2.75, 3.05) is 18.1 Å². The Hall–Kier alpha value is -1.77. The van der Waals surface area contributed by atoms with Gasteiger partial charge in [0.05, 0.1) is 16.2 Å². The smallest absolute Gasteiger partial charge is 0.323 e. The quantitative estimate of drug-likeness (QED) is 0.613. The van der Waals surface area contributed by atoms with Gasteiger partial charge < -0.3 is 10.0 Å². The first-order valence-corrected chi connectivity index (χ1v) is 11.1. The summed E-state index contributed by atoms with van der Waals surface area (Å²) in [4.78, 5) is 29.1. The van der Waals surface area contributed by atoms with Gasteiger partial charge in [0, 0.05) is 18.1 Å². The number of aromatic nitrogens is 1. The van der Waals surface area contributed by atoms with Gasteiger partial charge in [0.1, 0.15) is 0 Å². The van der Waals surface area contributed by atoms with Gasteiger partial charge in [-0.15, -0.1) is 11.8 Å². The molecule has 150 valence electrons. The number of anilines is 1. The molecular weight excluding hydrogens is 418 g/mol. The number of nitrogens with zero attached hydrogens (tertiary/aromatic N) is 2. The van der Waals surface area contributed by atoms with E-state index in [1.54, 1.807) is 18.1 Å². The molecule has 6 nitrogen and oxygen atoms in total. The van der Waals surface area contributed by atoms with E-state index in [4.69, 9.17) is 16.7 Å². The van der Waals surface area contributed by atoms with E-state index in [9.17, 15) is 9.59 Å². The van der Waals surface area contributed by atoms with Crippen LogP contribution in [0.5, 0.6) is 0 Å². The van der Waals surface area contributed by atoms with E-state index in [2.05, 4.69) is 16.4 Å². The minimum absolute atomic E-state index is 0.0259. The molecule has 2 N–H and O–H groups in total. The molecule has 1 heterocycles. The van der Waals surface area contributed by atoms with Crippen molar-refractivity contribution in [3.63, 3.8) is 0 Å². The zero-order valence-corrected chi connectivity index (χ0v) is 18.0. The summed E-state index contributed by atoms with van der Waals surface area (Å²) >= 11 is 8.73. The van der Waals surface area contributed by atoms with Crippen molar-refractivity contribution in [3.05, 3.63) is 40.5 Å². The fourth-order valence-corrected chi connectivity index (χ4v) is 5.28. The maximum atomic E-state index is 12.6. The Morgan fingerprint density at radius 3 is 2.96 bits per heavy atom. The normalized spacial score (nSPS) is 18.8. The number of rotatable bonds is 6. The van der Waals surface area contributed by atoms with Crippen molar-refractivity contribution >= 4 is 51.8 Å². The zero-order valence-electron chi connectivity index (χ0n) is 15.6. The Bertz CT molecular complexity index is 874. The second kappa shape index (κ2) is 9.15. The highest BCUT2D eigenvalue weighted by molar-refractivity contribution is 8.01. The van der Waals surface area contributed by atoms with Gasteiger partial charge in [-0.3, -0.25) is 10.1 Å². The third-order valence-corrected chi connectivity index (χ3v) is 7.56. The van der Waals surface area contributed by atoms with Crippen LogP contribution in [0.15, 0.2) is 28.6 Å². The summed E-state index contributed by atoms with van der Waals surface area (Å²) in [5.41, 5.74) is 2.39. The van der Waals surface area contributed by atoms with E-state index in [1.807, 2.05) is 19.1 Å². The number of carbonyl (C=O) groups excluding carboxylic acids is 1. The first-order valence-electron chi connectivity index (χ1n) is 8.94.